The van der Waals surface area contributed by atoms with Crippen molar-refractivity contribution >= 4 is 22.7 Å². The third-order valence-corrected chi connectivity index (χ3v) is 4.68. The van der Waals surface area contributed by atoms with E-state index in [1.165, 1.54) is 13.0 Å². The predicted molar refractivity (Wildman–Crippen MR) is 101 cm³/mol. The van der Waals surface area contributed by atoms with Crippen molar-refractivity contribution in [3.05, 3.63) is 64.4 Å². The Bertz CT molecular complexity index is 1110. The quantitative estimate of drug-likeness (QED) is 0.500. The summed E-state index contributed by atoms with van der Waals surface area (Å²) in [5.74, 6) is -2.83. The minimum atomic E-state index is -4.95. The molecule has 0 fully saturated rings. The second kappa shape index (κ2) is 7.94. The fourth-order valence-electron chi connectivity index (χ4n) is 3.13. The van der Waals surface area contributed by atoms with E-state index in [0.717, 1.165) is 17.2 Å². The van der Waals surface area contributed by atoms with Crippen molar-refractivity contribution in [2.75, 3.05) is 5.32 Å². The zero-order valence-corrected chi connectivity index (χ0v) is 16.0. The molecule has 10 heteroatoms. The molecule has 0 aliphatic rings. The number of fused-ring (bicyclic) bond motifs is 1. The van der Waals surface area contributed by atoms with Crippen molar-refractivity contribution in [1.29, 1.82) is 0 Å². The zero-order valence-electron chi connectivity index (χ0n) is 16.0. The van der Waals surface area contributed by atoms with E-state index in [0.29, 0.717) is 6.07 Å². The highest BCUT2D eigenvalue weighted by molar-refractivity contribution is 5.90. The molecular formula is C20H18F5N3O2. The summed E-state index contributed by atoms with van der Waals surface area (Å²) in [5.41, 5.74) is 6.75. The lowest BCUT2D eigenvalue weighted by molar-refractivity contribution is -0.158. The number of anilines is 1. The second-order valence-corrected chi connectivity index (χ2v) is 6.77. The van der Waals surface area contributed by atoms with Crippen molar-refractivity contribution in [3.63, 3.8) is 0 Å². The minimum Gasteiger partial charge on any atom is -0.455 e. The summed E-state index contributed by atoms with van der Waals surface area (Å²) in [6, 6.07) is 2.37. The SMILES string of the molecule is Cc1cc(NC(=O)NC(c2oc3c(F)cc(F)cc3c2C)C(F)(F)F)ccc1CN. The Morgan fingerprint density at radius 3 is 2.47 bits per heavy atom. The summed E-state index contributed by atoms with van der Waals surface area (Å²) in [5, 5.41) is 3.96. The Morgan fingerprint density at radius 1 is 1.17 bits per heavy atom. The molecular weight excluding hydrogens is 409 g/mol. The molecule has 2 amide bonds. The largest absolute Gasteiger partial charge is 0.455 e. The van der Waals surface area contributed by atoms with Gasteiger partial charge in [0.2, 0.25) is 0 Å². The Kier molecular flexibility index (Phi) is 5.71. The van der Waals surface area contributed by atoms with E-state index in [1.54, 1.807) is 24.4 Å². The lowest BCUT2D eigenvalue weighted by Crippen LogP contribution is -2.40. The number of halogens is 5. The van der Waals surface area contributed by atoms with E-state index in [1.807, 2.05) is 0 Å². The number of benzene rings is 2. The number of furan rings is 1. The first-order valence-corrected chi connectivity index (χ1v) is 8.83. The molecule has 3 rings (SSSR count). The average Bonchev–Trinajstić information content (AvgIpc) is 2.96. The number of nitrogens with two attached hydrogens (primary N) is 1. The third-order valence-electron chi connectivity index (χ3n) is 4.68. The minimum absolute atomic E-state index is 0.130. The Balaban J connectivity index is 1.91. The number of hydrogen-bond acceptors (Lipinski definition) is 3. The molecule has 4 N–H and O–H groups in total. The van der Waals surface area contributed by atoms with E-state index in [9.17, 15) is 26.7 Å². The Morgan fingerprint density at radius 2 is 1.87 bits per heavy atom. The second-order valence-electron chi connectivity index (χ2n) is 6.77. The van der Waals surface area contributed by atoms with Crippen molar-refractivity contribution < 1.29 is 31.2 Å². The van der Waals surface area contributed by atoms with Crippen LogP contribution in [0.15, 0.2) is 34.7 Å². The van der Waals surface area contributed by atoms with Crippen LogP contribution in [0.5, 0.6) is 0 Å². The number of rotatable bonds is 4. The molecule has 0 bridgehead atoms. The molecule has 0 saturated carbocycles. The first-order chi connectivity index (χ1) is 14.0. The lowest BCUT2D eigenvalue weighted by atomic mass is 10.1. The number of hydrogen-bond donors (Lipinski definition) is 3. The molecule has 0 aliphatic carbocycles. The fraction of sp³-hybridized carbons (Fsp3) is 0.250. The zero-order chi connectivity index (χ0) is 22.2. The first kappa shape index (κ1) is 21.6. The summed E-state index contributed by atoms with van der Waals surface area (Å²) >= 11 is 0. The molecule has 0 spiro atoms. The summed E-state index contributed by atoms with van der Waals surface area (Å²) in [4.78, 5) is 12.2. The molecule has 0 radical (unpaired) electrons. The molecule has 1 heterocycles. The van der Waals surface area contributed by atoms with E-state index in [2.05, 4.69) is 5.32 Å². The van der Waals surface area contributed by atoms with Crippen LogP contribution < -0.4 is 16.4 Å². The van der Waals surface area contributed by atoms with E-state index < -0.39 is 41.2 Å². The number of amides is 2. The van der Waals surface area contributed by atoms with Crippen LogP contribution in [-0.2, 0) is 6.54 Å². The predicted octanol–water partition coefficient (Wildman–Crippen LogP) is 5.21. The molecule has 160 valence electrons. The number of urea groups is 1. The summed E-state index contributed by atoms with van der Waals surface area (Å²) in [6.07, 6.45) is -4.95. The maximum Gasteiger partial charge on any atom is 0.416 e. The number of carbonyl (C=O) groups is 1. The van der Waals surface area contributed by atoms with Gasteiger partial charge in [-0.1, -0.05) is 6.07 Å². The van der Waals surface area contributed by atoms with E-state index in [4.69, 9.17) is 10.2 Å². The fourth-order valence-corrected chi connectivity index (χ4v) is 3.13. The van der Waals surface area contributed by atoms with Crippen LogP contribution in [0.25, 0.3) is 11.0 Å². The normalized spacial score (nSPS) is 12.8. The van der Waals surface area contributed by atoms with Crippen LogP contribution in [0, 0.1) is 25.5 Å². The van der Waals surface area contributed by atoms with Crippen molar-refractivity contribution in [2.45, 2.75) is 32.6 Å². The number of nitrogens with one attached hydrogen (secondary N) is 2. The Labute approximate surface area is 168 Å². The number of alkyl halides is 3. The van der Waals surface area contributed by atoms with Crippen LogP contribution in [0.3, 0.4) is 0 Å². The molecule has 1 unspecified atom stereocenters. The highest BCUT2D eigenvalue weighted by Crippen LogP contribution is 2.39. The topological polar surface area (TPSA) is 80.3 Å². The maximum absolute atomic E-state index is 13.9. The third kappa shape index (κ3) is 4.23. The van der Waals surface area contributed by atoms with Gasteiger partial charge in [-0.2, -0.15) is 13.2 Å². The summed E-state index contributed by atoms with van der Waals surface area (Å²) in [6.45, 7) is 3.25. The summed E-state index contributed by atoms with van der Waals surface area (Å²) in [7, 11) is 0. The van der Waals surface area contributed by atoms with Gasteiger partial charge >= 0.3 is 12.2 Å². The molecule has 30 heavy (non-hydrogen) atoms. The van der Waals surface area contributed by atoms with Gasteiger partial charge < -0.3 is 20.8 Å². The van der Waals surface area contributed by atoms with Crippen molar-refractivity contribution in [3.8, 4) is 0 Å². The van der Waals surface area contributed by atoms with Crippen LogP contribution >= 0.6 is 0 Å². The molecule has 2 aromatic carbocycles. The molecule has 0 saturated heterocycles. The maximum atomic E-state index is 13.9. The van der Waals surface area contributed by atoms with Crippen molar-refractivity contribution in [2.24, 2.45) is 5.73 Å². The van der Waals surface area contributed by atoms with Crippen LogP contribution in [-0.4, -0.2) is 12.2 Å². The Hall–Kier alpha value is -3.14. The van der Waals surface area contributed by atoms with E-state index in [-0.39, 0.29) is 23.2 Å². The molecule has 3 aromatic rings. The van der Waals surface area contributed by atoms with Gasteiger partial charge in [-0.25, -0.2) is 13.6 Å². The molecule has 1 atom stereocenters. The highest BCUT2D eigenvalue weighted by atomic mass is 19.4. The van der Waals surface area contributed by atoms with Gasteiger partial charge in [0.05, 0.1) is 0 Å². The van der Waals surface area contributed by atoms with Crippen LogP contribution in [0.1, 0.15) is 28.5 Å². The van der Waals surface area contributed by atoms with Gasteiger partial charge in [-0.3, -0.25) is 0 Å². The van der Waals surface area contributed by atoms with Crippen LogP contribution in [0.4, 0.5) is 32.4 Å². The molecule has 0 aliphatic heterocycles. The van der Waals surface area contributed by atoms with Gasteiger partial charge in [0.15, 0.2) is 17.4 Å². The van der Waals surface area contributed by atoms with Gasteiger partial charge in [-0.05, 0) is 43.2 Å². The highest BCUT2D eigenvalue weighted by Gasteiger charge is 2.45. The standard InChI is InChI=1S/C20H18F5N3O2/c1-9-5-13(4-3-11(9)8-26)27-19(29)28-18(20(23,24)25)16-10(2)14-6-12(21)7-15(22)17(14)30-16/h3-7,18H,8,26H2,1-2H3,(H2,27,28,29). The number of carbonyl (C=O) groups excluding carboxylic acids is 1. The summed E-state index contributed by atoms with van der Waals surface area (Å²) < 4.78 is 73.5. The van der Waals surface area contributed by atoms with Gasteiger partial charge in [-0.15, -0.1) is 0 Å². The van der Waals surface area contributed by atoms with Gasteiger partial charge in [0, 0.05) is 29.2 Å². The number of aryl methyl sites for hydroxylation is 2. The van der Waals surface area contributed by atoms with E-state index >= 15 is 0 Å². The van der Waals surface area contributed by atoms with Gasteiger partial charge in [0.1, 0.15) is 11.6 Å². The molecule has 5 nitrogen and oxygen atoms in total. The monoisotopic (exact) mass is 427 g/mol. The van der Waals surface area contributed by atoms with Crippen LogP contribution in [0.2, 0.25) is 0 Å². The first-order valence-electron chi connectivity index (χ1n) is 8.83. The van der Waals surface area contributed by atoms with Crippen molar-refractivity contribution in [1.82, 2.24) is 5.32 Å². The average molecular weight is 427 g/mol. The van der Waals surface area contributed by atoms with Gasteiger partial charge in [0.25, 0.3) is 0 Å². The smallest absolute Gasteiger partial charge is 0.416 e. The molecule has 1 aromatic heterocycles. The lowest BCUT2D eigenvalue weighted by Gasteiger charge is -2.21.